The van der Waals surface area contributed by atoms with Crippen molar-refractivity contribution in [2.75, 3.05) is 6.26 Å². The van der Waals surface area contributed by atoms with E-state index in [0.717, 1.165) is 5.56 Å². The lowest BCUT2D eigenvalue weighted by Crippen LogP contribution is -2.05. The molecule has 1 aromatic heterocycles. The van der Waals surface area contributed by atoms with Crippen LogP contribution >= 0.6 is 35.0 Å². The fraction of sp³-hybridized carbons (Fsp3) is 0.154. The van der Waals surface area contributed by atoms with Crippen molar-refractivity contribution in [3.8, 4) is 5.88 Å². The zero-order valence-corrected chi connectivity index (χ0v) is 13.4. The van der Waals surface area contributed by atoms with Gasteiger partial charge in [0.1, 0.15) is 6.61 Å². The Morgan fingerprint density at radius 3 is 2.81 bits per heavy atom. The van der Waals surface area contributed by atoms with Gasteiger partial charge in [0.05, 0.1) is 0 Å². The van der Waals surface area contributed by atoms with Gasteiger partial charge in [0, 0.05) is 28.0 Å². The van der Waals surface area contributed by atoms with Crippen molar-refractivity contribution < 1.29 is 4.74 Å². The number of nitrogens with zero attached hydrogens (tertiary/aromatic N) is 3. The summed E-state index contributed by atoms with van der Waals surface area (Å²) in [6.45, 7) is 0.233. The van der Waals surface area contributed by atoms with E-state index in [4.69, 9.17) is 33.7 Å². The Bertz CT molecular complexity index is 666. The van der Waals surface area contributed by atoms with Crippen LogP contribution in [0.5, 0.6) is 5.88 Å². The molecule has 0 saturated heterocycles. The summed E-state index contributed by atoms with van der Waals surface area (Å²) in [5, 5.41) is 1.48. The molecule has 0 radical (unpaired) electrons. The lowest BCUT2D eigenvalue weighted by atomic mass is 10.2. The Hall–Kier alpha value is -1.50. The number of aliphatic imine (C=N–C) groups is 1. The van der Waals surface area contributed by atoms with Crippen molar-refractivity contribution in [1.82, 2.24) is 9.97 Å². The highest BCUT2D eigenvalue weighted by Crippen LogP contribution is 2.25. The number of amidine groups is 1. The zero-order chi connectivity index (χ0) is 15.2. The van der Waals surface area contributed by atoms with Gasteiger partial charge in [0.25, 0.3) is 5.88 Å². The van der Waals surface area contributed by atoms with Crippen LogP contribution in [-0.4, -0.2) is 21.4 Å². The second-order valence-corrected chi connectivity index (χ2v) is 5.53. The van der Waals surface area contributed by atoms with Gasteiger partial charge in [-0.3, -0.25) is 0 Å². The van der Waals surface area contributed by atoms with Crippen molar-refractivity contribution in [2.24, 2.45) is 10.7 Å². The normalized spacial score (nSPS) is 11.5. The summed E-state index contributed by atoms with van der Waals surface area (Å²) in [6.07, 6.45) is 4.87. The molecule has 110 valence electrons. The van der Waals surface area contributed by atoms with Crippen LogP contribution in [0.4, 0.5) is 5.82 Å². The van der Waals surface area contributed by atoms with E-state index in [1.54, 1.807) is 18.2 Å². The molecule has 0 aliphatic rings. The molecule has 2 aromatic rings. The first-order valence-electron chi connectivity index (χ1n) is 5.86. The van der Waals surface area contributed by atoms with E-state index in [1.807, 2.05) is 6.26 Å². The number of aromatic nitrogens is 2. The quantitative estimate of drug-likeness (QED) is 0.677. The van der Waals surface area contributed by atoms with Crippen molar-refractivity contribution >= 4 is 45.9 Å². The number of halogens is 2. The van der Waals surface area contributed by atoms with Crippen LogP contribution in [0.2, 0.25) is 10.0 Å². The summed E-state index contributed by atoms with van der Waals surface area (Å²) >= 11 is 13.3. The lowest BCUT2D eigenvalue weighted by molar-refractivity contribution is 0.294. The topological polar surface area (TPSA) is 73.4 Å². The standard InChI is InChI=1S/C13H12Cl2N4OS/c1-21-13(16)19-11-12(18-5-4-17-11)20-7-8-2-3-9(14)6-10(8)15/h2-6H,7H2,1H3,(H2,16,17,19). The number of benzene rings is 1. The first kappa shape index (κ1) is 15.9. The lowest BCUT2D eigenvalue weighted by Gasteiger charge is -2.08. The van der Waals surface area contributed by atoms with Gasteiger partial charge in [-0.15, -0.1) is 0 Å². The number of rotatable bonds is 4. The van der Waals surface area contributed by atoms with Gasteiger partial charge in [-0.25, -0.2) is 15.0 Å². The van der Waals surface area contributed by atoms with E-state index in [-0.39, 0.29) is 6.61 Å². The third-order valence-electron chi connectivity index (χ3n) is 2.45. The molecule has 5 nitrogen and oxygen atoms in total. The number of thioether (sulfide) groups is 1. The van der Waals surface area contributed by atoms with Gasteiger partial charge in [0.15, 0.2) is 5.17 Å². The summed E-state index contributed by atoms with van der Waals surface area (Å²) in [5.41, 5.74) is 6.47. The Morgan fingerprint density at radius 2 is 2.10 bits per heavy atom. The molecule has 0 unspecified atom stereocenters. The average molecular weight is 343 g/mol. The minimum atomic E-state index is 0.233. The molecule has 0 bridgehead atoms. The summed E-state index contributed by atoms with van der Waals surface area (Å²) < 4.78 is 5.62. The molecule has 8 heteroatoms. The number of hydrogen-bond acceptors (Lipinski definition) is 5. The van der Waals surface area contributed by atoms with Gasteiger partial charge < -0.3 is 10.5 Å². The maximum atomic E-state index is 6.09. The van der Waals surface area contributed by atoms with Crippen LogP contribution in [0.15, 0.2) is 35.6 Å². The molecule has 21 heavy (non-hydrogen) atoms. The Labute approximate surface area is 136 Å². The Kier molecular flexibility index (Phi) is 5.67. The van der Waals surface area contributed by atoms with Crippen LogP contribution in [0.25, 0.3) is 0 Å². The molecule has 0 atom stereocenters. The fourth-order valence-corrected chi connectivity index (χ4v) is 2.07. The van der Waals surface area contributed by atoms with Crippen molar-refractivity contribution in [1.29, 1.82) is 0 Å². The smallest absolute Gasteiger partial charge is 0.260 e. The summed E-state index contributed by atoms with van der Waals surface area (Å²) in [7, 11) is 0. The van der Waals surface area contributed by atoms with Gasteiger partial charge in [-0.1, -0.05) is 41.0 Å². The zero-order valence-electron chi connectivity index (χ0n) is 11.1. The Morgan fingerprint density at radius 1 is 1.33 bits per heavy atom. The number of hydrogen-bond donors (Lipinski definition) is 1. The highest BCUT2D eigenvalue weighted by atomic mass is 35.5. The van der Waals surface area contributed by atoms with Gasteiger partial charge in [-0.2, -0.15) is 0 Å². The molecular formula is C13H12Cl2N4OS. The molecule has 1 aromatic carbocycles. The predicted octanol–water partition coefficient (Wildman–Crippen LogP) is 3.67. The molecule has 0 spiro atoms. The highest BCUT2D eigenvalue weighted by molar-refractivity contribution is 8.13. The SMILES string of the molecule is CSC(N)=Nc1nccnc1OCc1ccc(Cl)cc1Cl. The first-order chi connectivity index (χ1) is 10.1. The minimum absolute atomic E-state index is 0.233. The van der Waals surface area contributed by atoms with Crippen molar-refractivity contribution in [3.05, 3.63) is 46.2 Å². The molecule has 0 saturated carbocycles. The molecule has 1 heterocycles. The van der Waals surface area contributed by atoms with E-state index < -0.39 is 0 Å². The molecule has 0 amide bonds. The van der Waals surface area contributed by atoms with Crippen molar-refractivity contribution in [3.63, 3.8) is 0 Å². The summed E-state index contributed by atoms with van der Waals surface area (Å²) in [5.74, 6) is 0.620. The van der Waals surface area contributed by atoms with Crippen LogP contribution in [-0.2, 0) is 6.61 Å². The van der Waals surface area contributed by atoms with Gasteiger partial charge in [0.2, 0.25) is 5.82 Å². The maximum Gasteiger partial charge on any atom is 0.260 e. The largest absolute Gasteiger partial charge is 0.470 e. The van der Waals surface area contributed by atoms with Crippen molar-refractivity contribution in [2.45, 2.75) is 6.61 Å². The number of nitrogens with two attached hydrogens (primary N) is 1. The molecule has 0 fully saturated rings. The predicted molar refractivity (Wildman–Crippen MR) is 87.6 cm³/mol. The van der Waals surface area contributed by atoms with Gasteiger partial charge in [-0.05, 0) is 18.4 Å². The van der Waals surface area contributed by atoms with E-state index in [1.165, 1.54) is 24.2 Å². The second-order valence-electron chi connectivity index (χ2n) is 3.86. The second kappa shape index (κ2) is 7.49. The van der Waals surface area contributed by atoms with Crippen LogP contribution in [0.1, 0.15) is 5.56 Å². The van der Waals surface area contributed by atoms with Crippen LogP contribution < -0.4 is 10.5 Å². The van der Waals surface area contributed by atoms with E-state index in [0.29, 0.717) is 26.9 Å². The third kappa shape index (κ3) is 4.49. The summed E-state index contributed by atoms with van der Waals surface area (Å²) in [6, 6.07) is 5.19. The van der Waals surface area contributed by atoms with Crippen LogP contribution in [0, 0.1) is 0 Å². The molecular weight excluding hydrogens is 331 g/mol. The maximum absolute atomic E-state index is 6.09. The number of ether oxygens (including phenoxy) is 1. The van der Waals surface area contributed by atoms with E-state index in [9.17, 15) is 0 Å². The van der Waals surface area contributed by atoms with Crippen LogP contribution in [0.3, 0.4) is 0 Å². The minimum Gasteiger partial charge on any atom is -0.470 e. The van der Waals surface area contributed by atoms with Gasteiger partial charge >= 0.3 is 0 Å². The fourth-order valence-electron chi connectivity index (χ4n) is 1.43. The Balaban J connectivity index is 2.17. The molecule has 0 aliphatic heterocycles. The monoisotopic (exact) mass is 342 g/mol. The summed E-state index contributed by atoms with van der Waals surface area (Å²) in [4.78, 5) is 12.3. The molecule has 2 N–H and O–H groups in total. The van der Waals surface area contributed by atoms with E-state index >= 15 is 0 Å². The molecule has 0 aliphatic carbocycles. The highest BCUT2D eigenvalue weighted by Gasteiger charge is 2.08. The van der Waals surface area contributed by atoms with E-state index in [2.05, 4.69) is 15.0 Å². The average Bonchev–Trinajstić information content (AvgIpc) is 2.47. The molecule has 2 rings (SSSR count). The third-order valence-corrected chi connectivity index (χ3v) is 3.55. The first-order valence-corrected chi connectivity index (χ1v) is 7.84.